The van der Waals surface area contributed by atoms with Gasteiger partial charge < -0.3 is 14.5 Å². The molecule has 1 aliphatic heterocycles. The number of quaternary nitrogens is 1. The quantitative estimate of drug-likeness (QED) is 0.770. The molecule has 2 amide bonds. The maximum absolute atomic E-state index is 12.8. The zero-order chi connectivity index (χ0) is 21.5. The molecular formula is C24H32N3O3+. The molecule has 0 atom stereocenters. The van der Waals surface area contributed by atoms with Gasteiger partial charge in [-0.05, 0) is 42.7 Å². The van der Waals surface area contributed by atoms with Gasteiger partial charge in [0.1, 0.15) is 6.54 Å². The van der Waals surface area contributed by atoms with Gasteiger partial charge in [-0.2, -0.15) is 0 Å². The van der Waals surface area contributed by atoms with Gasteiger partial charge in [-0.15, -0.1) is 0 Å². The Bertz CT molecular complexity index is 839. The van der Waals surface area contributed by atoms with Crippen LogP contribution in [-0.4, -0.2) is 49.7 Å². The van der Waals surface area contributed by atoms with Crippen molar-refractivity contribution < 1.29 is 19.2 Å². The molecule has 0 bridgehead atoms. The Balaban J connectivity index is 1.49. The standard InChI is InChI=1S/C24H31N3O3/c1-4-30-24(29)25-22-11-9-21(10-12-22)23(28)27-15-13-26(14-16-27)17-19-5-7-20(8-6-19)18(2)3/h5-12,18H,4,13-17H2,1-3H3,(H,25,29)/p+1. The minimum atomic E-state index is -0.491. The van der Waals surface area contributed by atoms with E-state index in [2.05, 4.69) is 43.4 Å². The molecule has 1 heterocycles. The number of carbonyl (C=O) groups is 2. The minimum absolute atomic E-state index is 0.0398. The fourth-order valence-electron chi connectivity index (χ4n) is 3.68. The fraction of sp³-hybridized carbons (Fsp3) is 0.417. The van der Waals surface area contributed by atoms with E-state index in [4.69, 9.17) is 4.74 Å². The summed E-state index contributed by atoms with van der Waals surface area (Å²) in [5.41, 5.74) is 3.96. The lowest BCUT2D eigenvalue weighted by atomic mass is 10.0. The van der Waals surface area contributed by atoms with Crippen LogP contribution in [0.1, 0.15) is 48.2 Å². The van der Waals surface area contributed by atoms with Gasteiger partial charge in [-0.25, -0.2) is 4.79 Å². The third kappa shape index (κ3) is 5.83. The van der Waals surface area contributed by atoms with Gasteiger partial charge in [0.25, 0.3) is 5.91 Å². The zero-order valence-electron chi connectivity index (χ0n) is 18.1. The highest BCUT2D eigenvalue weighted by atomic mass is 16.5. The number of amides is 2. The SMILES string of the molecule is CCOC(=O)Nc1ccc(C(=O)N2CC[NH+](Cc3ccc(C(C)C)cc3)CC2)cc1. The molecule has 1 aliphatic rings. The third-order valence-electron chi connectivity index (χ3n) is 5.51. The van der Waals surface area contributed by atoms with Crippen LogP contribution in [-0.2, 0) is 11.3 Å². The summed E-state index contributed by atoms with van der Waals surface area (Å²) in [6, 6.07) is 15.9. The predicted octanol–water partition coefficient (Wildman–Crippen LogP) is 2.92. The fourth-order valence-corrected chi connectivity index (χ4v) is 3.68. The molecule has 30 heavy (non-hydrogen) atoms. The van der Waals surface area contributed by atoms with Crippen LogP contribution >= 0.6 is 0 Å². The van der Waals surface area contributed by atoms with Crippen molar-refractivity contribution in [3.05, 3.63) is 65.2 Å². The Morgan fingerprint density at radius 3 is 2.23 bits per heavy atom. The van der Waals surface area contributed by atoms with Crippen molar-refractivity contribution in [3.8, 4) is 0 Å². The number of benzene rings is 2. The number of piperazine rings is 1. The molecular weight excluding hydrogens is 378 g/mol. The number of nitrogens with zero attached hydrogens (tertiary/aromatic N) is 1. The Hall–Kier alpha value is -2.86. The van der Waals surface area contributed by atoms with Crippen molar-refractivity contribution >= 4 is 17.7 Å². The summed E-state index contributed by atoms with van der Waals surface area (Å²) in [6.07, 6.45) is -0.491. The van der Waals surface area contributed by atoms with Crippen LogP contribution in [0.4, 0.5) is 10.5 Å². The average Bonchev–Trinajstić information content (AvgIpc) is 2.75. The molecule has 160 valence electrons. The minimum Gasteiger partial charge on any atom is -0.450 e. The highest BCUT2D eigenvalue weighted by Crippen LogP contribution is 2.15. The van der Waals surface area contributed by atoms with Crippen LogP contribution in [0.15, 0.2) is 48.5 Å². The number of rotatable bonds is 6. The normalized spacial score (nSPS) is 14.6. The van der Waals surface area contributed by atoms with E-state index in [0.717, 1.165) is 32.7 Å². The van der Waals surface area contributed by atoms with Crippen LogP contribution in [0.25, 0.3) is 0 Å². The van der Waals surface area contributed by atoms with E-state index in [-0.39, 0.29) is 5.91 Å². The van der Waals surface area contributed by atoms with Crippen molar-refractivity contribution in [1.29, 1.82) is 0 Å². The van der Waals surface area contributed by atoms with E-state index < -0.39 is 6.09 Å². The van der Waals surface area contributed by atoms with Gasteiger partial charge in [0.05, 0.1) is 32.8 Å². The third-order valence-corrected chi connectivity index (χ3v) is 5.51. The van der Waals surface area contributed by atoms with Crippen molar-refractivity contribution in [2.45, 2.75) is 33.2 Å². The van der Waals surface area contributed by atoms with Crippen LogP contribution in [0.3, 0.4) is 0 Å². The number of hydrogen-bond acceptors (Lipinski definition) is 3. The summed E-state index contributed by atoms with van der Waals surface area (Å²) in [4.78, 5) is 27.7. The van der Waals surface area contributed by atoms with E-state index >= 15 is 0 Å². The second kappa shape index (κ2) is 10.3. The first kappa shape index (κ1) is 21.8. The molecule has 1 fully saturated rings. The van der Waals surface area contributed by atoms with Gasteiger partial charge >= 0.3 is 6.09 Å². The smallest absolute Gasteiger partial charge is 0.411 e. The molecule has 3 rings (SSSR count). The summed E-state index contributed by atoms with van der Waals surface area (Å²) < 4.78 is 4.86. The molecule has 0 radical (unpaired) electrons. The molecule has 2 N–H and O–H groups in total. The van der Waals surface area contributed by atoms with Crippen LogP contribution in [0, 0.1) is 0 Å². The van der Waals surface area contributed by atoms with Crippen molar-refractivity contribution in [1.82, 2.24) is 4.90 Å². The Morgan fingerprint density at radius 1 is 1.03 bits per heavy atom. The first-order valence-corrected chi connectivity index (χ1v) is 10.7. The topological polar surface area (TPSA) is 63.1 Å². The van der Waals surface area contributed by atoms with E-state index in [1.807, 2.05) is 4.90 Å². The highest BCUT2D eigenvalue weighted by Gasteiger charge is 2.24. The Kier molecular flexibility index (Phi) is 7.46. The summed E-state index contributed by atoms with van der Waals surface area (Å²) in [5, 5.41) is 2.64. The van der Waals surface area contributed by atoms with E-state index in [0.29, 0.717) is 23.8 Å². The van der Waals surface area contributed by atoms with Crippen molar-refractivity contribution in [3.63, 3.8) is 0 Å². The van der Waals surface area contributed by atoms with E-state index in [9.17, 15) is 9.59 Å². The van der Waals surface area contributed by atoms with Crippen LogP contribution in [0.5, 0.6) is 0 Å². The second-order valence-corrected chi connectivity index (χ2v) is 8.04. The lowest BCUT2D eigenvalue weighted by Gasteiger charge is -2.32. The molecule has 2 aromatic carbocycles. The molecule has 0 unspecified atom stereocenters. The first-order chi connectivity index (χ1) is 14.5. The van der Waals surface area contributed by atoms with E-state index in [1.165, 1.54) is 16.0 Å². The summed E-state index contributed by atoms with van der Waals surface area (Å²) in [7, 11) is 0. The summed E-state index contributed by atoms with van der Waals surface area (Å²) in [5.74, 6) is 0.592. The molecule has 0 saturated carbocycles. The molecule has 0 aliphatic carbocycles. The molecule has 2 aromatic rings. The Labute approximate surface area is 178 Å². The lowest BCUT2D eigenvalue weighted by Crippen LogP contribution is -3.13. The van der Waals surface area contributed by atoms with Crippen LogP contribution in [0.2, 0.25) is 0 Å². The molecule has 1 saturated heterocycles. The zero-order valence-corrected chi connectivity index (χ0v) is 18.1. The lowest BCUT2D eigenvalue weighted by molar-refractivity contribution is -0.917. The average molecular weight is 411 g/mol. The molecule has 6 heteroatoms. The number of ether oxygens (including phenoxy) is 1. The maximum Gasteiger partial charge on any atom is 0.411 e. The summed E-state index contributed by atoms with van der Waals surface area (Å²) >= 11 is 0. The second-order valence-electron chi connectivity index (χ2n) is 8.04. The van der Waals surface area contributed by atoms with Gasteiger partial charge in [0.2, 0.25) is 0 Å². The van der Waals surface area contributed by atoms with Crippen molar-refractivity contribution in [2.24, 2.45) is 0 Å². The number of nitrogens with one attached hydrogen (secondary N) is 2. The number of hydrogen-bond donors (Lipinski definition) is 2. The van der Waals surface area contributed by atoms with Gasteiger partial charge in [0, 0.05) is 16.8 Å². The summed E-state index contributed by atoms with van der Waals surface area (Å²) in [6.45, 7) is 10.9. The molecule has 6 nitrogen and oxygen atoms in total. The van der Waals surface area contributed by atoms with Gasteiger partial charge in [-0.3, -0.25) is 10.1 Å². The highest BCUT2D eigenvalue weighted by molar-refractivity contribution is 5.95. The van der Waals surface area contributed by atoms with Gasteiger partial charge in [-0.1, -0.05) is 38.1 Å². The van der Waals surface area contributed by atoms with Crippen molar-refractivity contribution in [2.75, 3.05) is 38.1 Å². The maximum atomic E-state index is 12.8. The monoisotopic (exact) mass is 410 g/mol. The Morgan fingerprint density at radius 2 is 1.67 bits per heavy atom. The number of anilines is 1. The molecule has 0 spiro atoms. The molecule has 0 aromatic heterocycles. The predicted molar refractivity (Wildman–Crippen MR) is 118 cm³/mol. The number of carbonyl (C=O) groups excluding carboxylic acids is 2. The van der Waals surface area contributed by atoms with Crippen LogP contribution < -0.4 is 10.2 Å². The first-order valence-electron chi connectivity index (χ1n) is 10.7. The van der Waals surface area contributed by atoms with E-state index in [1.54, 1.807) is 31.2 Å². The van der Waals surface area contributed by atoms with Gasteiger partial charge in [0.15, 0.2) is 0 Å². The largest absolute Gasteiger partial charge is 0.450 e.